The van der Waals surface area contributed by atoms with E-state index >= 15 is 0 Å². The first-order chi connectivity index (χ1) is 13.7. The average molecular weight is 372 g/mol. The molecule has 1 aliphatic rings. The van der Waals surface area contributed by atoms with Crippen LogP contribution in [-0.4, -0.2) is 42.3 Å². The molecule has 8 heteroatoms. The van der Waals surface area contributed by atoms with Gasteiger partial charge in [0.2, 0.25) is 0 Å². The first kappa shape index (κ1) is 16.4. The van der Waals surface area contributed by atoms with Crippen LogP contribution < -0.4 is 5.56 Å². The summed E-state index contributed by atoms with van der Waals surface area (Å²) in [6.45, 7) is 0.774. The van der Waals surface area contributed by atoms with Crippen molar-refractivity contribution in [3.63, 3.8) is 0 Å². The Morgan fingerprint density at radius 2 is 2.14 bits per heavy atom. The third-order valence-corrected chi connectivity index (χ3v) is 4.96. The van der Waals surface area contributed by atoms with E-state index < -0.39 is 0 Å². The summed E-state index contributed by atoms with van der Waals surface area (Å²) in [7, 11) is 0. The fourth-order valence-corrected chi connectivity index (χ4v) is 3.50. The number of nitrogens with one attached hydrogen (secondary N) is 2. The van der Waals surface area contributed by atoms with Gasteiger partial charge in [0.15, 0.2) is 0 Å². The van der Waals surface area contributed by atoms with Crippen molar-refractivity contribution >= 4 is 16.9 Å². The van der Waals surface area contributed by atoms with Gasteiger partial charge in [-0.15, -0.1) is 0 Å². The zero-order valence-corrected chi connectivity index (χ0v) is 14.8. The number of hydrogen-bond acceptors (Lipinski definition) is 5. The minimum atomic E-state index is -0.158. The second-order valence-electron chi connectivity index (χ2n) is 6.69. The molecule has 1 aromatic carbocycles. The lowest BCUT2D eigenvalue weighted by Gasteiger charge is -2.28. The number of nitrogens with zero attached hydrogens (tertiary/aromatic N) is 4. The highest BCUT2D eigenvalue weighted by Gasteiger charge is 2.25. The molecule has 0 spiro atoms. The van der Waals surface area contributed by atoms with Gasteiger partial charge in [0.05, 0.1) is 29.6 Å². The number of hydrogen-bond donors (Lipinski definition) is 2. The van der Waals surface area contributed by atoms with Crippen LogP contribution in [0.3, 0.4) is 0 Å². The molecule has 0 unspecified atom stereocenters. The summed E-state index contributed by atoms with van der Waals surface area (Å²) < 4.78 is 0. The van der Waals surface area contributed by atoms with Crippen LogP contribution in [0.2, 0.25) is 0 Å². The van der Waals surface area contributed by atoms with Crippen molar-refractivity contribution in [1.29, 1.82) is 0 Å². The minimum Gasteiger partial charge on any atom is -0.345 e. The zero-order valence-electron chi connectivity index (χ0n) is 14.8. The molecule has 0 bridgehead atoms. The third kappa shape index (κ3) is 2.75. The Labute approximate surface area is 159 Å². The van der Waals surface area contributed by atoms with E-state index in [9.17, 15) is 9.59 Å². The van der Waals surface area contributed by atoms with Crippen LogP contribution in [0, 0.1) is 0 Å². The van der Waals surface area contributed by atoms with Gasteiger partial charge >= 0.3 is 0 Å². The van der Waals surface area contributed by atoms with E-state index in [1.54, 1.807) is 41.8 Å². The first-order valence-corrected chi connectivity index (χ1v) is 8.94. The fraction of sp³-hybridized carbons (Fsp3) is 0.150. The molecular formula is C20H16N6O2. The van der Waals surface area contributed by atoms with Crippen LogP contribution in [0.5, 0.6) is 0 Å². The molecule has 0 atom stereocenters. The predicted octanol–water partition coefficient (Wildman–Crippen LogP) is 1.91. The number of carbonyl (C=O) groups is 1. The Hall–Kier alpha value is -3.81. The second kappa shape index (κ2) is 6.41. The molecule has 8 nitrogen and oxygen atoms in total. The average Bonchev–Trinajstić information content (AvgIpc) is 3.21. The lowest BCUT2D eigenvalue weighted by atomic mass is 10.0. The quantitative estimate of drug-likeness (QED) is 0.559. The molecule has 0 saturated heterocycles. The highest BCUT2D eigenvalue weighted by molar-refractivity contribution is 5.97. The fourth-order valence-electron chi connectivity index (χ4n) is 3.50. The van der Waals surface area contributed by atoms with Gasteiger partial charge in [-0.25, -0.2) is 9.97 Å². The molecule has 3 aromatic heterocycles. The van der Waals surface area contributed by atoms with Gasteiger partial charge in [0.1, 0.15) is 5.82 Å². The molecule has 1 aliphatic heterocycles. The molecule has 138 valence electrons. The predicted molar refractivity (Wildman–Crippen MR) is 103 cm³/mol. The number of rotatable bonds is 2. The molecular weight excluding hydrogens is 356 g/mol. The van der Waals surface area contributed by atoms with Gasteiger partial charge in [-0.1, -0.05) is 0 Å². The van der Waals surface area contributed by atoms with Gasteiger partial charge < -0.3 is 14.9 Å². The maximum absolute atomic E-state index is 13.0. The molecule has 0 aliphatic carbocycles. The first-order valence-electron chi connectivity index (χ1n) is 8.94. The van der Waals surface area contributed by atoms with Gasteiger partial charge in [-0.05, 0) is 36.8 Å². The van der Waals surface area contributed by atoms with E-state index in [4.69, 9.17) is 0 Å². The third-order valence-electron chi connectivity index (χ3n) is 4.96. The molecule has 28 heavy (non-hydrogen) atoms. The van der Waals surface area contributed by atoms with E-state index in [1.165, 1.54) is 0 Å². The van der Waals surface area contributed by atoms with Crippen molar-refractivity contribution in [1.82, 2.24) is 29.8 Å². The van der Waals surface area contributed by atoms with Crippen molar-refractivity contribution in [2.24, 2.45) is 0 Å². The van der Waals surface area contributed by atoms with Crippen LogP contribution in [0.25, 0.3) is 22.4 Å². The van der Waals surface area contributed by atoms with Crippen molar-refractivity contribution in [2.75, 3.05) is 6.54 Å². The van der Waals surface area contributed by atoms with Crippen molar-refractivity contribution in [2.45, 2.75) is 13.0 Å². The number of aromatic nitrogens is 5. The highest BCUT2D eigenvalue weighted by atomic mass is 16.2. The van der Waals surface area contributed by atoms with Gasteiger partial charge in [-0.3, -0.25) is 14.6 Å². The maximum Gasteiger partial charge on any atom is 0.254 e. The largest absolute Gasteiger partial charge is 0.345 e. The topological polar surface area (TPSA) is 108 Å². The molecule has 0 saturated carbocycles. The molecule has 0 fully saturated rings. The number of aromatic amines is 2. The van der Waals surface area contributed by atoms with E-state index in [-0.39, 0.29) is 11.5 Å². The molecule has 2 N–H and O–H groups in total. The normalized spacial score (nSPS) is 13.5. The summed E-state index contributed by atoms with van der Waals surface area (Å²) in [6.07, 6.45) is 5.39. The number of fused-ring (bicyclic) bond motifs is 2. The monoisotopic (exact) mass is 372 g/mol. The van der Waals surface area contributed by atoms with Crippen molar-refractivity contribution in [3.05, 3.63) is 76.2 Å². The SMILES string of the molecule is O=C(c1ccc2nc[nH]c2c1)N1CCc2c(nc(-c3cccnc3)[nH]c2=O)C1. The highest BCUT2D eigenvalue weighted by Crippen LogP contribution is 2.21. The Kier molecular flexibility index (Phi) is 3.75. The maximum atomic E-state index is 13.0. The Morgan fingerprint density at radius 1 is 1.21 bits per heavy atom. The van der Waals surface area contributed by atoms with E-state index in [0.717, 1.165) is 16.6 Å². The standard InChI is InChI=1S/C20H16N6O2/c27-19-14-5-7-26(20(28)12-3-4-15-16(8-12)23-11-22-15)10-17(14)24-18(25-19)13-2-1-6-21-9-13/h1-4,6,8-9,11H,5,7,10H2,(H,22,23)(H,24,25,27). The smallest absolute Gasteiger partial charge is 0.254 e. The van der Waals surface area contributed by atoms with Crippen LogP contribution >= 0.6 is 0 Å². The van der Waals surface area contributed by atoms with Crippen LogP contribution in [-0.2, 0) is 13.0 Å². The molecule has 5 rings (SSSR count). The minimum absolute atomic E-state index is 0.0906. The second-order valence-corrected chi connectivity index (χ2v) is 6.69. The van der Waals surface area contributed by atoms with Crippen LogP contribution in [0.4, 0.5) is 0 Å². The van der Waals surface area contributed by atoms with Crippen molar-refractivity contribution in [3.8, 4) is 11.4 Å². The number of amides is 1. The van der Waals surface area contributed by atoms with Gasteiger partial charge in [0.25, 0.3) is 11.5 Å². The van der Waals surface area contributed by atoms with E-state index in [2.05, 4.69) is 24.9 Å². The lowest BCUT2D eigenvalue weighted by Crippen LogP contribution is -2.39. The Morgan fingerprint density at radius 3 is 3.00 bits per heavy atom. The number of carbonyl (C=O) groups excluding carboxylic acids is 1. The van der Waals surface area contributed by atoms with Crippen LogP contribution in [0.15, 0.2) is 53.8 Å². The molecule has 4 heterocycles. The summed E-state index contributed by atoms with van der Waals surface area (Å²) in [5.41, 5.74) is 4.06. The summed E-state index contributed by atoms with van der Waals surface area (Å²) in [4.78, 5) is 45.9. The van der Waals surface area contributed by atoms with E-state index in [0.29, 0.717) is 42.2 Å². The number of H-pyrrole nitrogens is 2. The van der Waals surface area contributed by atoms with Crippen LogP contribution in [0.1, 0.15) is 21.6 Å². The summed E-state index contributed by atoms with van der Waals surface area (Å²) >= 11 is 0. The number of pyridine rings is 1. The Bertz CT molecular complexity index is 1240. The number of benzene rings is 1. The summed E-state index contributed by atoms with van der Waals surface area (Å²) in [6, 6.07) is 9.01. The van der Waals surface area contributed by atoms with Gasteiger partial charge in [-0.2, -0.15) is 0 Å². The summed E-state index contributed by atoms with van der Waals surface area (Å²) in [5.74, 6) is 0.372. The zero-order chi connectivity index (χ0) is 19.1. The Balaban J connectivity index is 1.47. The summed E-state index contributed by atoms with van der Waals surface area (Å²) in [5, 5.41) is 0. The van der Waals surface area contributed by atoms with Gasteiger partial charge in [0, 0.05) is 35.6 Å². The molecule has 1 amide bonds. The lowest BCUT2D eigenvalue weighted by molar-refractivity contribution is 0.0731. The molecule has 4 aromatic rings. The molecule has 0 radical (unpaired) electrons. The van der Waals surface area contributed by atoms with Crippen molar-refractivity contribution < 1.29 is 4.79 Å². The van der Waals surface area contributed by atoms with E-state index in [1.807, 2.05) is 12.1 Å². The number of imidazole rings is 1.